The Morgan fingerprint density at radius 1 is 1.15 bits per heavy atom. The Morgan fingerprint density at radius 3 is 2.66 bits per heavy atom. The lowest BCUT2D eigenvalue weighted by Gasteiger charge is -2.31. The summed E-state index contributed by atoms with van der Waals surface area (Å²) in [5, 5.41) is 28.8. The number of ether oxygens (including phenoxy) is 2. The lowest BCUT2D eigenvalue weighted by molar-refractivity contribution is -0.0333. The van der Waals surface area contributed by atoms with Gasteiger partial charge >= 0.3 is 6.09 Å². The maximum Gasteiger partial charge on any atom is 0.407 e. The fraction of sp³-hybridized carbons (Fsp3) is 0.588. The number of alkyl carbamates (subject to hydrolysis) is 1. The van der Waals surface area contributed by atoms with Crippen molar-refractivity contribution in [1.82, 2.24) is 14.6 Å². The first kappa shape index (κ1) is 32.7. The van der Waals surface area contributed by atoms with Crippen LogP contribution in [-0.4, -0.2) is 90.2 Å². The molecule has 8 unspecified atom stereocenters. The number of hydrogen-bond donors (Lipinski definition) is 4. The zero-order valence-electron chi connectivity index (χ0n) is 26.7. The monoisotopic (exact) mass is 684 g/mol. The Morgan fingerprint density at radius 2 is 1.94 bits per heavy atom. The van der Waals surface area contributed by atoms with Crippen LogP contribution in [0.5, 0.6) is 0 Å². The average molecular weight is 685 g/mol. The molecule has 0 spiro atoms. The van der Waals surface area contributed by atoms with Gasteiger partial charge < -0.3 is 30.3 Å². The molecule has 1 amide bonds. The van der Waals surface area contributed by atoms with Gasteiger partial charge in [0.15, 0.2) is 5.13 Å². The van der Waals surface area contributed by atoms with Gasteiger partial charge in [0.05, 0.1) is 46.1 Å². The second-order valence-corrected chi connectivity index (χ2v) is 17.0. The topological polar surface area (TPSA) is 150 Å². The summed E-state index contributed by atoms with van der Waals surface area (Å²) in [4.78, 5) is 18.1. The van der Waals surface area contributed by atoms with Crippen molar-refractivity contribution in [2.75, 3.05) is 25.0 Å². The third-order valence-corrected chi connectivity index (χ3v) is 12.6. The zero-order valence-corrected chi connectivity index (χ0v) is 28.3. The van der Waals surface area contributed by atoms with Crippen LogP contribution in [0.4, 0.5) is 9.93 Å². The van der Waals surface area contributed by atoms with Crippen molar-refractivity contribution >= 4 is 42.8 Å². The highest BCUT2D eigenvalue weighted by Crippen LogP contribution is 2.57. The van der Waals surface area contributed by atoms with Gasteiger partial charge in [-0.05, 0) is 73.6 Å². The third kappa shape index (κ3) is 7.16. The van der Waals surface area contributed by atoms with Gasteiger partial charge in [0.2, 0.25) is 10.0 Å². The Balaban J connectivity index is 1.09. The molecule has 3 aromatic rings. The van der Waals surface area contributed by atoms with Gasteiger partial charge in [-0.1, -0.05) is 55.5 Å². The zero-order chi connectivity index (χ0) is 32.9. The Bertz CT molecular complexity index is 1680. The van der Waals surface area contributed by atoms with E-state index in [0.29, 0.717) is 17.9 Å². The van der Waals surface area contributed by atoms with Crippen molar-refractivity contribution in [2.24, 2.45) is 23.7 Å². The molecule has 47 heavy (non-hydrogen) atoms. The predicted octanol–water partition coefficient (Wildman–Crippen LogP) is 4.00. The maximum atomic E-state index is 14.1. The second-order valence-electron chi connectivity index (χ2n) is 14.0. The Kier molecular flexibility index (Phi) is 9.22. The van der Waals surface area contributed by atoms with Crippen molar-refractivity contribution in [3.05, 3.63) is 54.1 Å². The third-order valence-electron chi connectivity index (χ3n) is 9.86. The van der Waals surface area contributed by atoms with Crippen molar-refractivity contribution in [2.45, 2.75) is 87.3 Å². The van der Waals surface area contributed by atoms with E-state index in [1.165, 1.54) is 15.6 Å². The first-order valence-corrected chi connectivity index (χ1v) is 19.0. The van der Waals surface area contributed by atoms with Crippen molar-refractivity contribution in [3.8, 4) is 0 Å². The van der Waals surface area contributed by atoms with Gasteiger partial charge in [-0.3, -0.25) is 0 Å². The molecule has 2 saturated heterocycles. The summed E-state index contributed by atoms with van der Waals surface area (Å²) in [5.74, 6) is 0.667. The van der Waals surface area contributed by atoms with E-state index < -0.39 is 34.4 Å². The van der Waals surface area contributed by atoms with Crippen LogP contribution in [0.15, 0.2) is 53.4 Å². The van der Waals surface area contributed by atoms with Crippen LogP contribution in [0.3, 0.4) is 0 Å². The normalized spacial score (nSPS) is 27.9. The fourth-order valence-electron chi connectivity index (χ4n) is 7.22. The van der Waals surface area contributed by atoms with Gasteiger partial charge in [-0.2, -0.15) is 4.31 Å². The van der Waals surface area contributed by atoms with Crippen LogP contribution in [0, 0.1) is 23.7 Å². The van der Waals surface area contributed by atoms with Gasteiger partial charge in [-0.15, -0.1) is 0 Å². The molecule has 2 aliphatic heterocycles. The number of thiazole rings is 1. The number of nitrogens with one attached hydrogen (secondary N) is 2. The molecule has 2 aromatic carbocycles. The molecule has 3 heterocycles. The number of amides is 1. The smallest absolute Gasteiger partial charge is 0.407 e. The number of aromatic nitrogens is 1. The highest BCUT2D eigenvalue weighted by atomic mass is 32.2. The molecule has 254 valence electrons. The number of hydrogen-bond acceptors (Lipinski definition) is 10. The Labute approximate surface area is 279 Å². The summed E-state index contributed by atoms with van der Waals surface area (Å²) in [5.41, 5.74) is 1.60. The molecular formula is C34H44N4O7S2. The molecular weight excluding hydrogens is 641 g/mol. The molecule has 2 aliphatic carbocycles. The summed E-state index contributed by atoms with van der Waals surface area (Å²) in [6, 6.07) is 14.0. The summed E-state index contributed by atoms with van der Waals surface area (Å²) in [6.07, 6.45) is 1.47. The molecule has 11 nitrogen and oxygen atoms in total. The molecule has 4 fully saturated rings. The van der Waals surface area contributed by atoms with Crippen molar-refractivity contribution < 1.29 is 32.9 Å². The van der Waals surface area contributed by atoms with E-state index in [1.807, 2.05) is 44.2 Å². The van der Waals surface area contributed by atoms with E-state index in [2.05, 4.69) is 15.6 Å². The lowest BCUT2D eigenvalue weighted by Crippen LogP contribution is -2.52. The van der Waals surface area contributed by atoms with Crippen LogP contribution in [0.25, 0.3) is 10.2 Å². The standard InChI is InChI=1S/C34H44N4O7S2/c1-19(2)16-38(47(42,43)23-10-11-26-30(15-23)46-33(36-26)35-22-8-9-22)17-28(40)27(12-20-6-4-3-5-7-20)37-34(41)45-32-25(18-39)31-24-13-21(24)14-29(32)44-31/h3-7,10-11,15,19,21-22,24-25,27-29,31-32,39-40H,8-9,12-14,16-18H2,1-2H3,(H,35,36)(H,37,41). The molecule has 13 heteroatoms. The number of anilines is 1. The van der Waals surface area contributed by atoms with Gasteiger partial charge in [-0.25, -0.2) is 18.2 Å². The van der Waals surface area contributed by atoms with E-state index >= 15 is 0 Å². The number of fused-ring (bicyclic) bond motifs is 5. The minimum Gasteiger partial charge on any atom is -0.443 e. The van der Waals surface area contributed by atoms with Gasteiger partial charge in [0.25, 0.3) is 0 Å². The average Bonchev–Trinajstić information content (AvgIpc) is 3.95. The highest BCUT2D eigenvalue weighted by molar-refractivity contribution is 7.89. The first-order valence-electron chi connectivity index (χ1n) is 16.7. The molecule has 7 rings (SSSR count). The summed E-state index contributed by atoms with van der Waals surface area (Å²) in [7, 11) is -4.02. The van der Waals surface area contributed by atoms with Crippen LogP contribution < -0.4 is 10.6 Å². The van der Waals surface area contributed by atoms with E-state index in [-0.39, 0.29) is 55.1 Å². The van der Waals surface area contributed by atoms with E-state index in [9.17, 15) is 23.4 Å². The maximum absolute atomic E-state index is 14.1. The number of rotatable bonds is 14. The molecule has 2 bridgehead atoms. The van der Waals surface area contributed by atoms with Crippen LogP contribution in [0.2, 0.25) is 0 Å². The van der Waals surface area contributed by atoms with Gasteiger partial charge in [0.1, 0.15) is 6.10 Å². The van der Waals surface area contributed by atoms with Crippen LogP contribution in [-0.2, 0) is 25.9 Å². The van der Waals surface area contributed by atoms with E-state index in [1.54, 1.807) is 18.2 Å². The first-order chi connectivity index (χ1) is 22.6. The molecule has 2 saturated carbocycles. The van der Waals surface area contributed by atoms with Crippen molar-refractivity contribution in [3.63, 3.8) is 0 Å². The van der Waals surface area contributed by atoms with Crippen LogP contribution >= 0.6 is 11.3 Å². The number of benzene rings is 2. The van der Waals surface area contributed by atoms with Crippen molar-refractivity contribution in [1.29, 1.82) is 0 Å². The number of carbonyl (C=O) groups is 1. The van der Waals surface area contributed by atoms with E-state index in [4.69, 9.17) is 9.47 Å². The molecule has 4 aliphatic rings. The number of aliphatic hydroxyl groups excluding tert-OH is 2. The highest BCUT2D eigenvalue weighted by Gasteiger charge is 2.61. The fourth-order valence-corrected chi connectivity index (χ4v) is 9.92. The number of carbonyl (C=O) groups excluding carboxylic acids is 1. The lowest BCUT2D eigenvalue weighted by atomic mass is 9.96. The minimum absolute atomic E-state index is 0.0210. The summed E-state index contributed by atoms with van der Waals surface area (Å²) < 4.78 is 42.3. The van der Waals surface area contributed by atoms with Gasteiger partial charge in [0, 0.05) is 25.0 Å². The number of aliphatic hydroxyl groups is 2. The predicted molar refractivity (Wildman–Crippen MR) is 179 cm³/mol. The minimum atomic E-state index is -4.02. The van der Waals surface area contributed by atoms with E-state index in [0.717, 1.165) is 46.6 Å². The molecule has 1 aromatic heterocycles. The molecule has 4 N–H and O–H groups in total. The quantitative estimate of drug-likeness (QED) is 0.198. The summed E-state index contributed by atoms with van der Waals surface area (Å²) in [6.45, 7) is 3.67. The number of sulfonamides is 1. The molecule has 0 radical (unpaired) electrons. The number of nitrogens with zero attached hydrogens (tertiary/aromatic N) is 2. The summed E-state index contributed by atoms with van der Waals surface area (Å²) >= 11 is 1.43. The van der Waals surface area contributed by atoms with Crippen LogP contribution in [0.1, 0.15) is 45.1 Å². The second kappa shape index (κ2) is 13.2. The largest absolute Gasteiger partial charge is 0.443 e. The Hall–Kier alpha value is -2.81. The SMILES string of the molecule is CC(C)CN(CC(O)C(Cc1ccccc1)NC(=O)OC1C2CC3CC3C(O2)C1CO)S(=O)(=O)c1ccc2nc(NC3CC3)sc2c1. The molecule has 8 atom stereocenters.